The van der Waals surface area contributed by atoms with Crippen LogP contribution in [0.3, 0.4) is 0 Å². The topological polar surface area (TPSA) is 149 Å². The number of phosphoric acid groups is 1. The van der Waals surface area contributed by atoms with Crippen LogP contribution in [-0.4, -0.2) is 65.7 Å². The lowest BCUT2D eigenvalue weighted by Gasteiger charge is -2.20. The molecule has 276 valence electrons. The fourth-order valence-corrected chi connectivity index (χ4v) is 4.45. The van der Waals surface area contributed by atoms with Crippen LogP contribution in [0, 0.1) is 0 Å². The molecule has 0 saturated heterocycles. The number of aliphatic hydroxyl groups excluding tert-OH is 2. The van der Waals surface area contributed by atoms with E-state index in [0.29, 0.717) is 12.8 Å². The molecule has 0 spiro atoms. The fraction of sp³-hybridized carbons (Fsp3) is 0.526. The minimum absolute atomic E-state index is 0.0421. The number of aliphatic hydroxyl groups is 2. The molecule has 0 aliphatic rings. The minimum atomic E-state index is -4.65. The van der Waals surface area contributed by atoms with Crippen LogP contribution in [-0.2, 0) is 32.7 Å². The van der Waals surface area contributed by atoms with Crippen molar-refractivity contribution in [2.24, 2.45) is 0 Å². The van der Waals surface area contributed by atoms with Gasteiger partial charge in [-0.25, -0.2) is 4.57 Å². The van der Waals surface area contributed by atoms with Crippen molar-refractivity contribution >= 4 is 19.8 Å². The van der Waals surface area contributed by atoms with Gasteiger partial charge in [0.15, 0.2) is 6.10 Å². The zero-order valence-electron chi connectivity index (χ0n) is 29.4. The molecule has 3 N–H and O–H groups in total. The van der Waals surface area contributed by atoms with E-state index < -0.39 is 51.8 Å². The monoisotopic (exact) mass is 706 g/mol. The van der Waals surface area contributed by atoms with E-state index in [9.17, 15) is 24.2 Å². The third kappa shape index (κ3) is 33.2. The maximum atomic E-state index is 12.5. The number of hydrogen-bond acceptors (Lipinski definition) is 9. The molecule has 0 fully saturated rings. The Morgan fingerprint density at radius 1 is 0.592 bits per heavy atom. The minimum Gasteiger partial charge on any atom is -0.462 e. The average molecular weight is 707 g/mol. The molecule has 3 atom stereocenters. The largest absolute Gasteiger partial charge is 0.472 e. The van der Waals surface area contributed by atoms with Crippen molar-refractivity contribution in [3.8, 4) is 0 Å². The Balaban J connectivity index is 4.68. The van der Waals surface area contributed by atoms with Crippen LogP contribution in [0.5, 0.6) is 0 Å². The van der Waals surface area contributed by atoms with Gasteiger partial charge in [0, 0.05) is 12.8 Å². The molecular formula is C38H59O10P. The first kappa shape index (κ1) is 45.9. The van der Waals surface area contributed by atoms with Gasteiger partial charge in [0.05, 0.1) is 19.8 Å². The Morgan fingerprint density at radius 3 is 1.41 bits per heavy atom. The smallest absolute Gasteiger partial charge is 0.462 e. The van der Waals surface area contributed by atoms with Crippen molar-refractivity contribution in [2.45, 2.75) is 103 Å². The van der Waals surface area contributed by atoms with Crippen LogP contribution in [0.25, 0.3) is 0 Å². The van der Waals surface area contributed by atoms with Crippen molar-refractivity contribution in [1.29, 1.82) is 0 Å². The maximum absolute atomic E-state index is 12.5. The number of carbonyl (C=O) groups is 2. The van der Waals surface area contributed by atoms with Gasteiger partial charge in [0.1, 0.15) is 12.7 Å². The van der Waals surface area contributed by atoms with Gasteiger partial charge in [-0.1, -0.05) is 111 Å². The lowest BCUT2D eigenvalue weighted by Crippen LogP contribution is -2.29. The van der Waals surface area contributed by atoms with E-state index >= 15 is 0 Å². The molecule has 49 heavy (non-hydrogen) atoms. The van der Waals surface area contributed by atoms with Crippen LogP contribution in [0.2, 0.25) is 0 Å². The summed E-state index contributed by atoms with van der Waals surface area (Å²) in [4.78, 5) is 34.6. The number of ether oxygens (including phenoxy) is 2. The average Bonchev–Trinajstić information content (AvgIpc) is 3.09. The summed E-state index contributed by atoms with van der Waals surface area (Å²) < 4.78 is 32.3. The molecule has 0 aromatic rings. The summed E-state index contributed by atoms with van der Waals surface area (Å²) in [5.74, 6) is -1.13. The second kappa shape index (κ2) is 33.4. The van der Waals surface area contributed by atoms with Crippen molar-refractivity contribution in [3.05, 3.63) is 97.2 Å². The van der Waals surface area contributed by atoms with Crippen LogP contribution in [0.4, 0.5) is 0 Å². The van der Waals surface area contributed by atoms with Crippen molar-refractivity contribution in [2.75, 3.05) is 26.4 Å². The number of rotatable bonds is 30. The summed E-state index contributed by atoms with van der Waals surface area (Å²) in [6.07, 6.45) is 38.5. The molecule has 0 radical (unpaired) electrons. The third-order valence-electron chi connectivity index (χ3n) is 6.26. The molecule has 11 heteroatoms. The normalized spacial score (nSPS) is 15.3. The molecule has 0 aromatic heterocycles. The molecule has 0 aliphatic carbocycles. The first-order valence-electron chi connectivity index (χ1n) is 17.2. The van der Waals surface area contributed by atoms with Crippen LogP contribution in [0.1, 0.15) is 90.9 Å². The predicted molar refractivity (Wildman–Crippen MR) is 196 cm³/mol. The van der Waals surface area contributed by atoms with E-state index in [4.69, 9.17) is 19.1 Å². The van der Waals surface area contributed by atoms with Gasteiger partial charge < -0.3 is 24.6 Å². The Kier molecular flexibility index (Phi) is 31.3. The number of esters is 2. The highest BCUT2D eigenvalue weighted by Gasteiger charge is 2.27. The number of carbonyl (C=O) groups excluding carboxylic acids is 2. The van der Waals surface area contributed by atoms with Crippen LogP contribution < -0.4 is 0 Å². The number of phosphoric ester groups is 1. The Labute approximate surface area is 293 Å². The standard InChI is InChI=1S/C38H59O10P/c1-3-5-7-9-11-13-15-17-19-21-23-25-27-29-37(41)45-33-36(34-47-49(43,44)46-32-35(40)31-39)48-38(42)30-28-26-24-22-20-18-16-14-12-10-8-6-4-2/h5-8,11-14,17-20,23-26,35-36,39-40H,3-4,9-10,15-16,21-22,27-34H2,1-2H3,(H,43,44)/b7-5-,8-6-,13-11-,14-12-,19-17-,20-18-,25-23-,26-24-. The quantitative estimate of drug-likeness (QED) is 0.0380. The summed E-state index contributed by atoms with van der Waals surface area (Å²) in [6, 6.07) is 0. The molecule has 0 saturated carbocycles. The first-order chi connectivity index (χ1) is 23.7. The molecule has 0 aliphatic heterocycles. The van der Waals surface area contributed by atoms with E-state index in [1.165, 1.54) is 0 Å². The summed E-state index contributed by atoms with van der Waals surface area (Å²) in [5.41, 5.74) is 0. The SMILES string of the molecule is CC/C=C\C/C=C\C/C=C\C/C=C\CCC(=O)OCC(COP(=O)(O)OCC(O)CO)OC(=O)CC/C=C\C/C=C\C/C=C\C/C=C\CC. The molecule has 10 nitrogen and oxygen atoms in total. The van der Waals surface area contributed by atoms with E-state index in [2.05, 4.69) is 85.2 Å². The van der Waals surface area contributed by atoms with E-state index in [0.717, 1.165) is 51.4 Å². The van der Waals surface area contributed by atoms with Crippen molar-refractivity contribution in [1.82, 2.24) is 0 Å². The summed E-state index contributed by atoms with van der Waals surface area (Å²) >= 11 is 0. The lowest BCUT2D eigenvalue weighted by molar-refractivity contribution is -0.161. The fourth-order valence-electron chi connectivity index (χ4n) is 3.66. The van der Waals surface area contributed by atoms with Gasteiger partial charge in [-0.15, -0.1) is 0 Å². The Morgan fingerprint density at radius 2 is 0.980 bits per heavy atom. The maximum Gasteiger partial charge on any atom is 0.472 e. The van der Waals surface area contributed by atoms with Crippen LogP contribution >= 0.6 is 7.82 Å². The number of allylic oxidation sites excluding steroid dienone is 16. The zero-order chi connectivity index (χ0) is 36.3. The molecule has 0 bridgehead atoms. The lowest BCUT2D eigenvalue weighted by atomic mass is 10.2. The van der Waals surface area contributed by atoms with Gasteiger partial charge in [-0.2, -0.15) is 0 Å². The second-order valence-corrected chi connectivity index (χ2v) is 12.2. The van der Waals surface area contributed by atoms with Gasteiger partial charge in [-0.05, 0) is 64.2 Å². The molecule has 3 unspecified atom stereocenters. The molecular weight excluding hydrogens is 647 g/mol. The summed E-state index contributed by atoms with van der Waals surface area (Å²) in [7, 11) is -4.65. The highest BCUT2D eigenvalue weighted by molar-refractivity contribution is 7.47. The third-order valence-corrected chi connectivity index (χ3v) is 7.21. The van der Waals surface area contributed by atoms with Gasteiger partial charge in [0.25, 0.3) is 0 Å². The van der Waals surface area contributed by atoms with E-state index in [-0.39, 0.29) is 19.4 Å². The molecule has 0 amide bonds. The van der Waals surface area contributed by atoms with Crippen molar-refractivity contribution < 1.29 is 47.8 Å². The first-order valence-corrected chi connectivity index (χ1v) is 18.7. The Bertz CT molecular complexity index is 1130. The highest BCUT2D eigenvalue weighted by Crippen LogP contribution is 2.43. The zero-order valence-corrected chi connectivity index (χ0v) is 30.2. The highest BCUT2D eigenvalue weighted by atomic mass is 31.2. The molecule has 0 heterocycles. The van der Waals surface area contributed by atoms with E-state index in [1.54, 1.807) is 0 Å². The van der Waals surface area contributed by atoms with Crippen molar-refractivity contribution in [3.63, 3.8) is 0 Å². The predicted octanol–water partition coefficient (Wildman–Crippen LogP) is 8.10. The van der Waals surface area contributed by atoms with Gasteiger partial charge in [0.2, 0.25) is 0 Å². The number of hydrogen-bond donors (Lipinski definition) is 3. The summed E-state index contributed by atoms with van der Waals surface area (Å²) in [6.45, 7) is 1.92. The Hall–Kier alpha value is -3.11. The van der Waals surface area contributed by atoms with Gasteiger partial charge in [-0.3, -0.25) is 18.6 Å². The van der Waals surface area contributed by atoms with Gasteiger partial charge >= 0.3 is 19.8 Å². The summed E-state index contributed by atoms with van der Waals surface area (Å²) in [5, 5.41) is 18.2. The molecule has 0 rings (SSSR count). The van der Waals surface area contributed by atoms with Crippen LogP contribution in [0.15, 0.2) is 97.2 Å². The second-order valence-electron chi connectivity index (χ2n) is 10.8. The van der Waals surface area contributed by atoms with E-state index in [1.807, 2.05) is 30.4 Å². The molecule has 0 aromatic carbocycles.